The Kier molecular flexibility index (Phi) is 4.93. The van der Waals surface area contributed by atoms with Crippen LogP contribution in [0, 0.1) is 0 Å². The molecule has 1 heterocycles. The summed E-state index contributed by atoms with van der Waals surface area (Å²) in [5.41, 5.74) is 5.50. The molecule has 0 bridgehead atoms. The highest BCUT2D eigenvalue weighted by molar-refractivity contribution is 6.02. The van der Waals surface area contributed by atoms with E-state index in [1.807, 2.05) is 0 Å². The van der Waals surface area contributed by atoms with Crippen molar-refractivity contribution < 1.29 is 9.59 Å². The molecule has 1 aliphatic rings. The number of carbonyl (C=O) groups is 2. The highest BCUT2D eigenvalue weighted by Crippen LogP contribution is 2.25. The number of nitrogens with one attached hydrogen (secondary N) is 1. The van der Waals surface area contributed by atoms with Gasteiger partial charge in [0.15, 0.2) is 0 Å². The Morgan fingerprint density at radius 2 is 1.76 bits per heavy atom. The zero-order valence-electron chi connectivity index (χ0n) is 10.8. The van der Waals surface area contributed by atoms with Gasteiger partial charge in [0.25, 0.3) is 5.91 Å². The maximum Gasteiger partial charge on any atom is 0.326 e. The number of imide groups is 1. The molecule has 0 aromatic rings. The van der Waals surface area contributed by atoms with E-state index in [9.17, 15) is 9.59 Å². The molecule has 17 heavy (non-hydrogen) atoms. The number of urea groups is 1. The number of nitrogens with zero attached hydrogens (tertiary/aromatic N) is 1. The Morgan fingerprint density at radius 3 is 2.12 bits per heavy atom. The van der Waals surface area contributed by atoms with Crippen molar-refractivity contribution in [3.05, 3.63) is 0 Å². The minimum absolute atomic E-state index is 0.0794. The molecule has 1 saturated heterocycles. The summed E-state index contributed by atoms with van der Waals surface area (Å²) in [5, 5.41) is 2.54. The third kappa shape index (κ3) is 3.19. The Morgan fingerprint density at radius 1 is 1.24 bits per heavy atom. The van der Waals surface area contributed by atoms with Crippen molar-refractivity contribution in [2.24, 2.45) is 5.73 Å². The predicted octanol–water partition coefficient (Wildman–Crippen LogP) is 1.57. The van der Waals surface area contributed by atoms with Crippen LogP contribution in [-0.2, 0) is 4.79 Å². The molecule has 0 aromatic heterocycles. The van der Waals surface area contributed by atoms with Crippen LogP contribution in [0.25, 0.3) is 0 Å². The topological polar surface area (TPSA) is 75.4 Å². The minimum atomic E-state index is -0.802. The van der Waals surface area contributed by atoms with E-state index in [0.29, 0.717) is 12.8 Å². The van der Waals surface area contributed by atoms with E-state index < -0.39 is 5.66 Å². The van der Waals surface area contributed by atoms with Crippen LogP contribution in [0.2, 0.25) is 0 Å². The first-order valence-electron chi connectivity index (χ1n) is 6.45. The number of carbonyl (C=O) groups excluding carboxylic acids is 2. The Balaban J connectivity index is 2.79. The van der Waals surface area contributed by atoms with Gasteiger partial charge in [-0.25, -0.2) is 9.69 Å². The molecular weight excluding hydrogens is 218 g/mol. The molecule has 3 amide bonds. The third-order valence-corrected chi connectivity index (χ3v) is 3.22. The van der Waals surface area contributed by atoms with Gasteiger partial charge in [0, 0.05) is 0 Å². The molecule has 5 nitrogen and oxygen atoms in total. The molecule has 0 unspecified atom stereocenters. The van der Waals surface area contributed by atoms with Gasteiger partial charge in [-0.05, 0) is 12.8 Å². The fourth-order valence-electron chi connectivity index (χ4n) is 2.19. The molecule has 1 aliphatic heterocycles. The van der Waals surface area contributed by atoms with Crippen LogP contribution < -0.4 is 11.1 Å². The van der Waals surface area contributed by atoms with Gasteiger partial charge < -0.3 is 11.1 Å². The molecule has 0 atom stereocenters. The molecule has 0 radical (unpaired) electrons. The van der Waals surface area contributed by atoms with Gasteiger partial charge in [-0.2, -0.15) is 0 Å². The molecular formula is C12H23N3O2. The van der Waals surface area contributed by atoms with Crippen molar-refractivity contribution in [1.82, 2.24) is 10.2 Å². The maximum atomic E-state index is 11.7. The van der Waals surface area contributed by atoms with E-state index >= 15 is 0 Å². The molecule has 5 heteroatoms. The van der Waals surface area contributed by atoms with E-state index in [1.54, 1.807) is 0 Å². The number of nitrogens with two attached hydrogens (primary N) is 1. The standard InChI is InChI=1S/C12H23N3O2/c1-3-5-7-12(13,8-6-4-2)15-10(16)9-14-11(15)17/h3-9,13H2,1-2H3,(H,14,17). The molecule has 1 rings (SSSR count). The molecule has 0 spiro atoms. The van der Waals surface area contributed by atoms with Gasteiger partial charge in [-0.3, -0.25) is 4.79 Å². The molecule has 0 saturated carbocycles. The van der Waals surface area contributed by atoms with Gasteiger partial charge in [0.2, 0.25) is 0 Å². The summed E-state index contributed by atoms with van der Waals surface area (Å²) in [4.78, 5) is 24.6. The summed E-state index contributed by atoms with van der Waals surface area (Å²) in [6, 6.07) is -0.343. The van der Waals surface area contributed by atoms with E-state index in [0.717, 1.165) is 25.7 Å². The minimum Gasteiger partial charge on any atom is -0.328 e. The fourth-order valence-corrected chi connectivity index (χ4v) is 2.19. The molecule has 98 valence electrons. The van der Waals surface area contributed by atoms with Crippen LogP contribution in [0.3, 0.4) is 0 Å². The van der Waals surface area contributed by atoms with Crippen LogP contribution in [0.5, 0.6) is 0 Å². The van der Waals surface area contributed by atoms with Gasteiger partial charge in [-0.1, -0.05) is 39.5 Å². The van der Waals surface area contributed by atoms with Crippen LogP contribution >= 0.6 is 0 Å². The normalized spacial score (nSPS) is 16.5. The van der Waals surface area contributed by atoms with Crippen molar-refractivity contribution in [3.8, 4) is 0 Å². The lowest BCUT2D eigenvalue weighted by Crippen LogP contribution is -2.58. The van der Waals surface area contributed by atoms with Crippen molar-refractivity contribution in [2.45, 2.75) is 58.0 Å². The van der Waals surface area contributed by atoms with Crippen molar-refractivity contribution in [3.63, 3.8) is 0 Å². The van der Waals surface area contributed by atoms with Gasteiger partial charge >= 0.3 is 6.03 Å². The van der Waals surface area contributed by atoms with Gasteiger partial charge in [0.1, 0.15) is 5.66 Å². The number of amides is 3. The van der Waals surface area contributed by atoms with E-state index in [-0.39, 0.29) is 18.5 Å². The number of hydrogen-bond donors (Lipinski definition) is 2. The Labute approximate surface area is 103 Å². The summed E-state index contributed by atoms with van der Waals surface area (Å²) >= 11 is 0. The number of rotatable bonds is 7. The lowest BCUT2D eigenvalue weighted by molar-refractivity contribution is -0.129. The SMILES string of the molecule is CCCCC(N)(CCCC)N1C(=O)CNC1=O. The van der Waals surface area contributed by atoms with Crippen molar-refractivity contribution in [1.29, 1.82) is 0 Å². The molecule has 1 fully saturated rings. The number of hydrogen-bond acceptors (Lipinski definition) is 3. The monoisotopic (exact) mass is 241 g/mol. The fraction of sp³-hybridized carbons (Fsp3) is 0.833. The van der Waals surface area contributed by atoms with Crippen LogP contribution in [-0.4, -0.2) is 29.0 Å². The van der Waals surface area contributed by atoms with Gasteiger partial charge in [0.05, 0.1) is 6.54 Å². The second kappa shape index (κ2) is 6.00. The summed E-state index contributed by atoms with van der Waals surface area (Å²) in [6.07, 6.45) is 5.24. The predicted molar refractivity (Wildman–Crippen MR) is 66.2 cm³/mol. The van der Waals surface area contributed by atoms with Crippen LogP contribution in [0.4, 0.5) is 4.79 Å². The zero-order valence-corrected chi connectivity index (χ0v) is 10.8. The third-order valence-electron chi connectivity index (χ3n) is 3.22. The second-order valence-electron chi connectivity index (χ2n) is 4.70. The number of unbranched alkanes of at least 4 members (excludes halogenated alkanes) is 2. The quantitative estimate of drug-likeness (QED) is 0.664. The lowest BCUT2D eigenvalue weighted by Gasteiger charge is -2.36. The first-order valence-corrected chi connectivity index (χ1v) is 6.45. The first kappa shape index (κ1) is 14.0. The average molecular weight is 241 g/mol. The van der Waals surface area contributed by atoms with Crippen molar-refractivity contribution in [2.75, 3.05) is 6.54 Å². The second-order valence-corrected chi connectivity index (χ2v) is 4.70. The van der Waals surface area contributed by atoms with Gasteiger partial charge in [-0.15, -0.1) is 0 Å². The first-order chi connectivity index (χ1) is 8.05. The molecule has 0 aromatic carbocycles. The smallest absolute Gasteiger partial charge is 0.326 e. The summed E-state index contributed by atoms with van der Waals surface area (Å²) in [6.45, 7) is 4.23. The lowest BCUT2D eigenvalue weighted by atomic mass is 9.95. The average Bonchev–Trinajstić information content (AvgIpc) is 2.64. The summed E-state index contributed by atoms with van der Waals surface area (Å²) in [7, 11) is 0. The Bertz CT molecular complexity index is 267. The summed E-state index contributed by atoms with van der Waals surface area (Å²) in [5.74, 6) is -0.204. The highest BCUT2D eigenvalue weighted by Gasteiger charge is 2.42. The molecule has 3 N–H and O–H groups in total. The zero-order chi connectivity index (χ0) is 12.9. The van der Waals surface area contributed by atoms with Crippen LogP contribution in [0.1, 0.15) is 52.4 Å². The molecule has 0 aliphatic carbocycles. The Hall–Kier alpha value is -1.10. The summed E-state index contributed by atoms with van der Waals surface area (Å²) < 4.78 is 0. The van der Waals surface area contributed by atoms with Crippen LogP contribution in [0.15, 0.2) is 0 Å². The van der Waals surface area contributed by atoms with E-state index in [1.165, 1.54) is 4.90 Å². The van der Waals surface area contributed by atoms with E-state index in [4.69, 9.17) is 5.73 Å². The largest absolute Gasteiger partial charge is 0.328 e. The maximum absolute atomic E-state index is 11.7. The van der Waals surface area contributed by atoms with E-state index in [2.05, 4.69) is 19.2 Å². The van der Waals surface area contributed by atoms with Crippen molar-refractivity contribution >= 4 is 11.9 Å². The highest BCUT2D eigenvalue weighted by atomic mass is 16.2.